The minimum Gasteiger partial charge on any atom is -0.383 e. The number of pyridine rings is 1. The molecule has 1 amide bonds. The maximum absolute atomic E-state index is 12.1. The Hall–Kier alpha value is -1.66. The highest BCUT2D eigenvalue weighted by atomic mass is 16.5. The van der Waals surface area contributed by atoms with E-state index in [-0.39, 0.29) is 12.0 Å². The zero-order valence-corrected chi connectivity index (χ0v) is 11.6. The van der Waals surface area contributed by atoms with Crippen LogP contribution in [0.4, 0.5) is 5.69 Å². The Morgan fingerprint density at radius 1 is 1.47 bits per heavy atom. The number of amides is 1. The number of carbonyl (C=O) groups excluding carboxylic acids is 1. The molecule has 106 valence electrons. The molecular formula is C13H21N3O3. The SMILES string of the molecule is CCNc1cnccc1C(=O)NCC(COC)OC. The Kier molecular flexibility index (Phi) is 6.84. The predicted molar refractivity (Wildman–Crippen MR) is 73.4 cm³/mol. The number of carbonyl (C=O) groups is 1. The van der Waals surface area contributed by atoms with Gasteiger partial charge in [-0.05, 0) is 13.0 Å². The molecule has 0 aliphatic carbocycles. The first kappa shape index (κ1) is 15.4. The molecule has 0 spiro atoms. The first-order valence-electron chi connectivity index (χ1n) is 6.20. The van der Waals surface area contributed by atoms with Crippen LogP contribution in [-0.2, 0) is 9.47 Å². The van der Waals surface area contributed by atoms with Crippen molar-refractivity contribution in [1.82, 2.24) is 10.3 Å². The summed E-state index contributed by atoms with van der Waals surface area (Å²) in [4.78, 5) is 16.1. The Labute approximate surface area is 113 Å². The minimum atomic E-state index is -0.156. The number of nitrogens with zero attached hydrogens (tertiary/aromatic N) is 1. The lowest BCUT2D eigenvalue weighted by atomic mass is 10.2. The second-order valence-corrected chi connectivity index (χ2v) is 3.97. The van der Waals surface area contributed by atoms with Gasteiger partial charge in [0.05, 0.1) is 30.2 Å². The zero-order valence-electron chi connectivity index (χ0n) is 11.6. The minimum absolute atomic E-state index is 0.154. The smallest absolute Gasteiger partial charge is 0.253 e. The van der Waals surface area contributed by atoms with Crippen LogP contribution in [0.3, 0.4) is 0 Å². The molecule has 1 unspecified atom stereocenters. The summed E-state index contributed by atoms with van der Waals surface area (Å²) in [5.74, 6) is -0.156. The number of nitrogens with one attached hydrogen (secondary N) is 2. The van der Waals surface area contributed by atoms with E-state index < -0.39 is 0 Å². The van der Waals surface area contributed by atoms with Crippen molar-refractivity contribution < 1.29 is 14.3 Å². The van der Waals surface area contributed by atoms with E-state index in [9.17, 15) is 4.79 Å². The molecule has 1 aromatic rings. The lowest BCUT2D eigenvalue weighted by Gasteiger charge is -2.16. The van der Waals surface area contributed by atoms with Crippen molar-refractivity contribution in [3.8, 4) is 0 Å². The first-order valence-corrected chi connectivity index (χ1v) is 6.20. The van der Waals surface area contributed by atoms with Gasteiger partial charge >= 0.3 is 0 Å². The van der Waals surface area contributed by atoms with Gasteiger partial charge < -0.3 is 20.1 Å². The lowest BCUT2D eigenvalue weighted by Crippen LogP contribution is -2.35. The zero-order chi connectivity index (χ0) is 14.1. The van der Waals surface area contributed by atoms with Crippen molar-refractivity contribution in [3.05, 3.63) is 24.0 Å². The molecular weight excluding hydrogens is 246 g/mol. The second kappa shape index (κ2) is 8.44. The Balaban J connectivity index is 2.62. The molecule has 1 aromatic heterocycles. The van der Waals surface area contributed by atoms with Gasteiger partial charge in [-0.25, -0.2) is 0 Å². The number of ether oxygens (including phenoxy) is 2. The fourth-order valence-corrected chi connectivity index (χ4v) is 1.62. The summed E-state index contributed by atoms with van der Waals surface area (Å²) in [5.41, 5.74) is 1.30. The van der Waals surface area contributed by atoms with Crippen molar-refractivity contribution in [2.75, 3.05) is 39.2 Å². The third-order valence-electron chi connectivity index (χ3n) is 2.61. The number of hydrogen-bond donors (Lipinski definition) is 2. The van der Waals surface area contributed by atoms with Gasteiger partial charge in [0, 0.05) is 33.5 Å². The molecule has 0 radical (unpaired) electrons. The van der Waals surface area contributed by atoms with Gasteiger partial charge in [0.1, 0.15) is 0 Å². The molecule has 1 atom stereocenters. The third kappa shape index (κ3) is 4.84. The maximum atomic E-state index is 12.1. The summed E-state index contributed by atoms with van der Waals surface area (Å²) in [6, 6.07) is 1.69. The van der Waals surface area contributed by atoms with Crippen LogP contribution in [-0.4, -0.2) is 50.9 Å². The van der Waals surface area contributed by atoms with Gasteiger partial charge in [-0.3, -0.25) is 9.78 Å². The normalized spacial score (nSPS) is 11.9. The van der Waals surface area contributed by atoms with E-state index in [2.05, 4.69) is 15.6 Å². The molecule has 0 bridgehead atoms. The van der Waals surface area contributed by atoms with Crippen LogP contribution >= 0.6 is 0 Å². The molecule has 1 rings (SSSR count). The van der Waals surface area contributed by atoms with E-state index in [4.69, 9.17) is 9.47 Å². The Morgan fingerprint density at radius 3 is 2.89 bits per heavy atom. The van der Waals surface area contributed by atoms with Crippen LogP contribution in [0.5, 0.6) is 0 Å². The highest BCUT2D eigenvalue weighted by Crippen LogP contribution is 2.12. The molecule has 0 fully saturated rings. The molecule has 2 N–H and O–H groups in total. The number of rotatable bonds is 8. The Morgan fingerprint density at radius 2 is 2.26 bits per heavy atom. The monoisotopic (exact) mass is 267 g/mol. The van der Waals surface area contributed by atoms with Gasteiger partial charge in [0.15, 0.2) is 0 Å². The maximum Gasteiger partial charge on any atom is 0.253 e. The summed E-state index contributed by atoms with van der Waals surface area (Å²) in [6.45, 7) is 3.54. The predicted octanol–water partition coefficient (Wildman–Crippen LogP) is 0.905. The van der Waals surface area contributed by atoms with E-state index >= 15 is 0 Å². The number of hydrogen-bond acceptors (Lipinski definition) is 5. The van der Waals surface area contributed by atoms with Gasteiger partial charge in [-0.2, -0.15) is 0 Å². The van der Waals surface area contributed by atoms with Crippen molar-refractivity contribution >= 4 is 11.6 Å². The molecule has 6 heteroatoms. The molecule has 19 heavy (non-hydrogen) atoms. The van der Waals surface area contributed by atoms with Crippen molar-refractivity contribution in [2.45, 2.75) is 13.0 Å². The van der Waals surface area contributed by atoms with Gasteiger partial charge in [-0.15, -0.1) is 0 Å². The van der Waals surface area contributed by atoms with Crippen LogP contribution in [0, 0.1) is 0 Å². The first-order chi connectivity index (χ1) is 9.22. The average Bonchev–Trinajstić information content (AvgIpc) is 2.44. The van der Waals surface area contributed by atoms with Crippen LogP contribution in [0.2, 0.25) is 0 Å². The third-order valence-corrected chi connectivity index (χ3v) is 2.61. The molecule has 0 saturated carbocycles. The fraction of sp³-hybridized carbons (Fsp3) is 0.538. The highest BCUT2D eigenvalue weighted by molar-refractivity contribution is 5.99. The average molecular weight is 267 g/mol. The molecule has 0 aliphatic rings. The largest absolute Gasteiger partial charge is 0.383 e. The summed E-state index contributed by atoms with van der Waals surface area (Å²) >= 11 is 0. The van der Waals surface area contributed by atoms with Crippen LogP contribution in [0.1, 0.15) is 17.3 Å². The summed E-state index contributed by atoms with van der Waals surface area (Å²) < 4.78 is 10.2. The molecule has 1 heterocycles. The van der Waals surface area contributed by atoms with Crippen molar-refractivity contribution in [3.63, 3.8) is 0 Å². The van der Waals surface area contributed by atoms with E-state index in [1.165, 1.54) is 0 Å². The molecule has 0 aliphatic heterocycles. The second-order valence-electron chi connectivity index (χ2n) is 3.97. The fourth-order valence-electron chi connectivity index (χ4n) is 1.62. The van der Waals surface area contributed by atoms with Gasteiger partial charge in [0.25, 0.3) is 5.91 Å². The van der Waals surface area contributed by atoms with E-state index in [1.54, 1.807) is 32.7 Å². The number of methoxy groups -OCH3 is 2. The van der Waals surface area contributed by atoms with Gasteiger partial charge in [0.2, 0.25) is 0 Å². The lowest BCUT2D eigenvalue weighted by molar-refractivity contribution is 0.0285. The molecule has 0 saturated heterocycles. The van der Waals surface area contributed by atoms with E-state index in [0.717, 1.165) is 12.2 Å². The van der Waals surface area contributed by atoms with E-state index in [0.29, 0.717) is 18.7 Å². The van der Waals surface area contributed by atoms with Crippen LogP contribution in [0.25, 0.3) is 0 Å². The number of anilines is 1. The molecule has 6 nitrogen and oxygen atoms in total. The standard InChI is InChI=1S/C13H21N3O3/c1-4-15-12-8-14-6-5-11(12)13(17)16-7-10(19-3)9-18-2/h5-6,8,10,15H,4,7,9H2,1-3H3,(H,16,17). The number of aromatic nitrogens is 1. The summed E-state index contributed by atoms with van der Waals surface area (Å²) in [6.07, 6.45) is 3.08. The topological polar surface area (TPSA) is 72.5 Å². The Bertz CT molecular complexity index is 398. The summed E-state index contributed by atoms with van der Waals surface area (Å²) in [5, 5.41) is 5.93. The van der Waals surface area contributed by atoms with Crippen molar-refractivity contribution in [1.29, 1.82) is 0 Å². The molecule has 0 aromatic carbocycles. The quantitative estimate of drug-likeness (QED) is 0.732. The summed E-state index contributed by atoms with van der Waals surface area (Å²) in [7, 11) is 3.19. The highest BCUT2D eigenvalue weighted by Gasteiger charge is 2.13. The van der Waals surface area contributed by atoms with Crippen LogP contribution in [0.15, 0.2) is 18.5 Å². The van der Waals surface area contributed by atoms with Crippen molar-refractivity contribution in [2.24, 2.45) is 0 Å². The van der Waals surface area contributed by atoms with Gasteiger partial charge in [-0.1, -0.05) is 0 Å². The van der Waals surface area contributed by atoms with Crippen LogP contribution < -0.4 is 10.6 Å². The van der Waals surface area contributed by atoms with E-state index in [1.807, 2.05) is 6.92 Å².